The van der Waals surface area contributed by atoms with Crippen LogP contribution in [0, 0.1) is 13.8 Å². The van der Waals surface area contributed by atoms with E-state index in [1.54, 1.807) is 18.2 Å². The van der Waals surface area contributed by atoms with Gasteiger partial charge in [-0.1, -0.05) is 43.7 Å². The first-order chi connectivity index (χ1) is 14.9. The molecule has 0 fully saturated rings. The number of phenolic OH excluding ortho intramolecular Hbond substituents is 1. The Kier molecular flexibility index (Phi) is 6.65. The fourth-order valence-corrected chi connectivity index (χ4v) is 4.11. The van der Waals surface area contributed by atoms with E-state index in [2.05, 4.69) is 6.92 Å². The largest absolute Gasteiger partial charge is 0.506 e. The summed E-state index contributed by atoms with van der Waals surface area (Å²) >= 11 is 0. The van der Waals surface area contributed by atoms with Gasteiger partial charge in [-0.25, -0.2) is 9.78 Å². The molecule has 6 nitrogen and oxygen atoms in total. The smallest absolute Gasteiger partial charge is 0.336 e. The Bertz CT molecular complexity index is 1290. The highest BCUT2D eigenvalue weighted by atomic mass is 16.4. The van der Waals surface area contributed by atoms with Gasteiger partial charge in [0.05, 0.1) is 11.1 Å². The van der Waals surface area contributed by atoms with E-state index < -0.39 is 5.97 Å². The molecule has 0 saturated carbocycles. The molecule has 0 unspecified atom stereocenters. The number of hydrogen-bond donors (Lipinski definition) is 2. The van der Waals surface area contributed by atoms with Crippen LogP contribution in [0.25, 0.3) is 27.8 Å². The molecule has 166 valence electrons. The van der Waals surface area contributed by atoms with Crippen molar-refractivity contribution in [1.82, 2.24) is 9.55 Å². The number of fused-ring (bicyclic) bond motifs is 1. The van der Waals surface area contributed by atoms with Crippen LogP contribution in [0.15, 0.2) is 54.6 Å². The van der Waals surface area contributed by atoms with Crippen LogP contribution >= 0.6 is 0 Å². The number of aromatic carboxylic acids is 1. The van der Waals surface area contributed by atoms with Gasteiger partial charge in [-0.3, -0.25) is 4.57 Å². The van der Waals surface area contributed by atoms with Gasteiger partial charge in [-0.15, -0.1) is 0 Å². The van der Waals surface area contributed by atoms with E-state index in [1.807, 2.05) is 54.8 Å². The highest BCUT2D eigenvalue weighted by molar-refractivity contribution is 5.96. The maximum absolute atomic E-state index is 11.7. The van der Waals surface area contributed by atoms with Crippen molar-refractivity contribution in [2.24, 2.45) is 0 Å². The summed E-state index contributed by atoms with van der Waals surface area (Å²) in [5.41, 5.74) is 6.26. The number of aromatic nitrogens is 2. The summed E-state index contributed by atoms with van der Waals surface area (Å²) in [5.74, 6) is 0.176. The van der Waals surface area contributed by atoms with Gasteiger partial charge >= 0.3 is 5.97 Å². The standard InChI is InChI=1S/C26H26N2O3.H2O/c1-4-5-10-23-27-24-16(2)11-14-22(29)25(24)28(23)18-12-13-19(17(3)15-18)20-8-6-7-9-21(20)26(30)31;/h6-9,11-15,29H,4-5,10H2,1-3H3,(H,30,31);1H2. The normalized spacial score (nSPS) is 10.8. The Morgan fingerprint density at radius 1 is 1.00 bits per heavy atom. The van der Waals surface area contributed by atoms with Crippen LogP contribution in [0.2, 0.25) is 0 Å². The van der Waals surface area contributed by atoms with Crippen molar-refractivity contribution in [1.29, 1.82) is 0 Å². The highest BCUT2D eigenvalue weighted by Gasteiger charge is 2.19. The number of rotatable bonds is 6. The Labute approximate surface area is 187 Å². The second-order valence-corrected chi connectivity index (χ2v) is 7.92. The summed E-state index contributed by atoms with van der Waals surface area (Å²) in [6, 6.07) is 16.6. The number of imidazole rings is 1. The zero-order valence-corrected chi connectivity index (χ0v) is 18.5. The van der Waals surface area contributed by atoms with E-state index in [0.717, 1.165) is 53.0 Å². The first kappa shape index (κ1) is 23.0. The second-order valence-electron chi connectivity index (χ2n) is 7.92. The van der Waals surface area contributed by atoms with Crippen LogP contribution in [0.3, 0.4) is 0 Å². The van der Waals surface area contributed by atoms with Crippen molar-refractivity contribution in [2.75, 3.05) is 0 Å². The van der Waals surface area contributed by atoms with Crippen molar-refractivity contribution in [3.8, 4) is 22.6 Å². The Morgan fingerprint density at radius 3 is 2.44 bits per heavy atom. The highest BCUT2D eigenvalue weighted by Crippen LogP contribution is 2.34. The van der Waals surface area contributed by atoms with E-state index in [4.69, 9.17) is 4.98 Å². The van der Waals surface area contributed by atoms with Crippen LogP contribution in [0.4, 0.5) is 0 Å². The summed E-state index contributed by atoms with van der Waals surface area (Å²) in [4.78, 5) is 16.5. The maximum atomic E-state index is 11.7. The Morgan fingerprint density at radius 2 is 1.75 bits per heavy atom. The number of phenols is 1. The average molecular weight is 433 g/mol. The minimum Gasteiger partial charge on any atom is -0.506 e. The SMILES string of the molecule is CCCCc1nc2c(C)ccc(O)c2n1-c1ccc(-c2ccccc2C(=O)O)c(C)c1.O. The van der Waals surface area contributed by atoms with Crippen LogP contribution in [0.1, 0.15) is 47.1 Å². The van der Waals surface area contributed by atoms with E-state index in [-0.39, 0.29) is 16.8 Å². The van der Waals surface area contributed by atoms with Crippen LogP contribution in [0.5, 0.6) is 5.75 Å². The molecule has 6 heteroatoms. The summed E-state index contributed by atoms with van der Waals surface area (Å²) in [6.07, 6.45) is 2.87. The first-order valence-electron chi connectivity index (χ1n) is 10.6. The molecule has 4 aromatic rings. The topological polar surface area (TPSA) is 107 Å². The molecule has 0 amide bonds. The molecule has 3 aromatic carbocycles. The van der Waals surface area contributed by atoms with Gasteiger partial charge in [-0.05, 0) is 66.8 Å². The van der Waals surface area contributed by atoms with Crippen molar-refractivity contribution < 1.29 is 20.5 Å². The molecule has 0 spiro atoms. The third kappa shape index (κ3) is 3.97. The molecule has 1 aromatic heterocycles. The molecular formula is C26H28N2O4. The molecular weight excluding hydrogens is 404 g/mol. The van der Waals surface area contributed by atoms with E-state index >= 15 is 0 Å². The molecule has 0 aliphatic carbocycles. The number of aromatic hydroxyl groups is 1. The molecule has 32 heavy (non-hydrogen) atoms. The van der Waals surface area contributed by atoms with E-state index in [1.165, 1.54) is 0 Å². The monoisotopic (exact) mass is 432 g/mol. The molecule has 0 bridgehead atoms. The summed E-state index contributed by atoms with van der Waals surface area (Å²) in [5, 5.41) is 20.2. The number of unbranched alkanes of at least 4 members (excludes halogenated alkanes) is 1. The molecule has 0 aliphatic heterocycles. The average Bonchev–Trinajstić information content (AvgIpc) is 3.15. The molecule has 4 rings (SSSR count). The van der Waals surface area contributed by atoms with E-state index in [9.17, 15) is 15.0 Å². The van der Waals surface area contributed by atoms with Crippen molar-refractivity contribution >= 4 is 17.0 Å². The van der Waals surface area contributed by atoms with Gasteiger partial charge in [0.25, 0.3) is 0 Å². The lowest BCUT2D eigenvalue weighted by atomic mass is 9.95. The van der Waals surface area contributed by atoms with Gasteiger partial charge < -0.3 is 15.7 Å². The van der Waals surface area contributed by atoms with Crippen molar-refractivity contribution in [3.63, 3.8) is 0 Å². The minimum absolute atomic E-state index is 0. The second kappa shape index (κ2) is 9.24. The quantitative estimate of drug-likeness (QED) is 0.435. The van der Waals surface area contributed by atoms with Crippen LogP contribution in [-0.4, -0.2) is 31.2 Å². The molecule has 0 aliphatic rings. The number of benzene rings is 3. The number of aryl methyl sites for hydroxylation is 3. The van der Waals surface area contributed by atoms with Gasteiger partial charge in [0, 0.05) is 12.1 Å². The maximum Gasteiger partial charge on any atom is 0.336 e. The van der Waals surface area contributed by atoms with Crippen LogP contribution in [-0.2, 0) is 6.42 Å². The number of carboxylic acid groups (broad SMARTS) is 1. The lowest BCUT2D eigenvalue weighted by molar-refractivity contribution is 0.0697. The zero-order valence-electron chi connectivity index (χ0n) is 18.5. The summed E-state index contributed by atoms with van der Waals surface area (Å²) in [6.45, 7) is 6.13. The first-order valence-corrected chi connectivity index (χ1v) is 10.6. The fourth-order valence-electron chi connectivity index (χ4n) is 4.11. The van der Waals surface area contributed by atoms with Crippen molar-refractivity contribution in [3.05, 3.63) is 77.1 Å². The molecule has 0 saturated heterocycles. The Balaban J connectivity index is 0.00000289. The number of hydrogen-bond acceptors (Lipinski definition) is 3. The van der Waals surface area contributed by atoms with E-state index in [0.29, 0.717) is 11.1 Å². The molecule has 4 N–H and O–H groups in total. The minimum atomic E-state index is -0.943. The number of nitrogens with zero attached hydrogens (tertiary/aromatic N) is 2. The fraction of sp³-hybridized carbons (Fsp3) is 0.231. The predicted octanol–water partition coefficient (Wildman–Crippen LogP) is 5.23. The van der Waals surface area contributed by atoms with Gasteiger partial charge in [0.1, 0.15) is 17.1 Å². The molecule has 1 heterocycles. The number of carbonyl (C=O) groups is 1. The summed E-state index contributed by atoms with van der Waals surface area (Å²) < 4.78 is 2.03. The lowest BCUT2D eigenvalue weighted by Crippen LogP contribution is -2.03. The Hall–Kier alpha value is -3.64. The van der Waals surface area contributed by atoms with Gasteiger partial charge in [0.2, 0.25) is 0 Å². The lowest BCUT2D eigenvalue weighted by Gasteiger charge is -2.14. The van der Waals surface area contributed by atoms with Crippen molar-refractivity contribution in [2.45, 2.75) is 40.0 Å². The number of carboxylic acids is 1. The molecule has 0 radical (unpaired) electrons. The zero-order chi connectivity index (χ0) is 22.1. The third-order valence-corrected chi connectivity index (χ3v) is 5.72. The third-order valence-electron chi connectivity index (χ3n) is 5.72. The predicted molar refractivity (Wildman–Crippen MR) is 127 cm³/mol. The van der Waals surface area contributed by atoms with Crippen LogP contribution < -0.4 is 0 Å². The molecule has 0 atom stereocenters. The van der Waals surface area contributed by atoms with Gasteiger partial charge in [-0.2, -0.15) is 0 Å². The van der Waals surface area contributed by atoms with Gasteiger partial charge in [0.15, 0.2) is 0 Å². The summed E-state index contributed by atoms with van der Waals surface area (Å²) in [7, 11) is 0.